The molecule has 0 atom stereocenters. The van der Waals surface area contributed by atoms with E-state index in [1.54, 1.807) is 0 Å². The smallest absolute Gasteiger partial charge is 0.0108 e. The SMILES string of the molecule is CCl.CCl.c1cc2ccc1CCc1ccc(cc1)CC2. The van der Waals surface area contributed by atoms with E-state index in [1.165, 1.54) is 35.0 Å². The molecule has 20 heavy (non-hydrogen) atoms. The number of alkyl halides is 2. The molecule has 0 heterocycles. The van der Waals surface area contributed by atoms with E-state index in [0.717, 1.165) is 25.7 Å². The first-order valence-corrected chi connectivity index (χ1v) is 8.32. The molecule has 0 amide bonds. The van der Waals surface area contributed by atoms with Gasteiger partial charge in [0.15, 0.2) is 0 Å². The first-order chi connectivity index (χ1) is 9.90. The largest absolute Gasteiger partial charge is 0.130 e. The second-order valence-electron chi connectivity index (χ2n) is 4.63. The summed E-state index contributed by atoms with van der Waals surface area (Å²) in [6.07, 6.45) is 7.55. The zero-order valence-electron chi connectivity index (χ0n) is 12.2. The first-order valence-electron chi connectivity index (χ1n) is 6.81. The third-order valence-corrected chi connectivity index (χ3v) is 3.45. The van der Waals surface area contributed by atoms with Gasteiger partial charge in [-0.25, -0.2) is 0 Å². The van der Waals surface area contributed by atoms with Gasteiger partial charge in [-0.15, -0.1) is 23.2 Å². The van der Waals surface area contributed by atoms with Crippen LogP contribution < -0.4 is 0 Å². The predicted octanol–water partition coefficient (Wildman–Crippen LogP) is 5.28. The van der Waals surface area contributed by atoms with Gasteiger partial charge in [0, 0.05) is 12.8 Å². The van der Waals surface area contributed by atoms with Gasteiger partial charge in [0.05, 0.1) is 0 Å². The van der Waals surface area contributed by atoms with Gasteiger partial charge in [-0.1, -0.05) is 48.5 Å². The van der Waals surface area contributed by atoms with Crippen LogP contribution in [-0.2, 0) is 25.7 Å². The van der Waals surface area contributed by atoms with Crippen LogP contribution >= 0.6 is 23.2 Å². The highest BCUT2D eigenvalue weighted by molar-refractivity contribution is 6.15. The third-order valence-electron chi connectivity index (χ3n) is 3.45. The maximum Gasteiger partial charge on any atom is 0.0108 e. The van der Waals surface area contributed by atoms with Crippen molar-refractivity contribution >= 4 is 23.2 Å². The fraction of sp³-hybridized carbons (Fsp3) is 0.333. The van der Waals surface area contributed by atoms with Crippen LogP contribution in [0.15, 0.2) is 48.5 Å². The predicted molar refractivity (Wildman–Crippen MR) is 91.3 cm³/mol. The lowest BCUT2D eigenvalue weighted by atomic mass is 9.97. The molecule has 0 fully saturated rings. The van der Waals surface area contributed by atoms with Crippen LogP contribution in [-0.4, -0.2) is 12.8 Å². The minimum absolute atomic E-state index is 1.15. The number of aryl methyl sites for hydroxylation is 4. The monoisotopic (exact) mass is 308 g/mol. The second-order valence-corrected chi connectivity index (χ2v) is 4.63. The summed E-state index contributed by atoms with van der Waals surface area (Å²) in [5, 5.41) is 0. The maximum atomic E-state index is 4.64. The number of hydrogen-bond donors (Lipinski definition) is 0. The lowest BCUT2D eigenvalue weighted by molar-refractivity contribution is 0.921. The highest BCUT2D eigenvalue weighted by Crippen LogP contribution is 2.14. The molecule has 6 rings (SSSR count). The van der Waals surface area contributed by atoms with Gasteiger partial charge in [0.25, 0.3) is 0 Å². The maximum absolute atomic E-state index is 4.64. The summed E-state index contributed by atoms with van der Waals surface area (Å²) in [7, 11) is 0. The number of halogens is 2. The summed E-state index contributed by atoms with van der Waals surface area (Å²) in [6, 6.07) is 18.2. The van der Waals surface area contributed by atoms with Crippen molar-refractivity contribution in [2.75, 3.05) is 12.8 Å². The molecule has 0 radical (unpaired) electrons. The van der Waals surface area contributed by atoms with E-state index >= 15 is 0 Å². The van der Waals surface area contributed by atoms with Crippen molar-refractivity contribution in [1.82, 2.24) is 0 Å². The number of benzene rings is 2. The highest BCUT2D eigenvalue weighted by atomic mass is 35.5. The molecule has 0 N–H and O–H groups in total. The van der Waals surface area contributed by atoms with Crippen molar-refractivity contribution in [2.45, 2.75) is 25.7 Å². The van der Waals surface area contributed by atoms with E-state index in [-0.39, 0.29) is 0 Å². The quantitative estimate of drug-likeness (QED) is 0.581. The van der Waals surface area contributed by atoms with Crippen LogP contribution in [0.1, 0.15) is 22.3 Å². The van der Waals surface area contributed by atoms with Gasteiger partial charge in [0.2, 0.25) is 0 Å². The summed E-state index contributed by atoms with van der Waals surface area (Å²) in [4.78, 5) is 0. The molecule has 4 bridgehead atoms. The van der Waals surface area contributed by atoms with E-state index in [4.69, 9.17) is 0 Å². The molecule has 0 nitrogen and oxygen atoms in total. The van der Waals surface area contributed by atoms with Crippen LogP contribution in [0.5, 0.6) is 0 Å². The van der Waals surface area contributed by atoms with Crippen LogP contribution in [0.25, 0.3) is 0 Å². The van der Waals surface area contributed by atoms with E-state index < -0.39 is 0 Å². The van der Waals surface area contributed by atoms with Crippen LogP contribution in [0, 0.1) is 0 Å². The summed E-state index contributed by atoms with van der Waals surface area (Å²) in [5.41, 5.74) is 5.81. The van der Waals surface area contributed by atoms with Crippen molar-refractivity contribution in [3.05, 3.63) is 70.8 Å². The Hall–Kier alpha value is -0.980. The topological polar surface area (TPSA) is 0 Å². The molecule has 4 aliphatic rings. The molecule has 0 spiro atoms. The zero-order chi connectivity index (χ0) is 14.8. The second kappa shape index (κ2) is 9.85. The van der Waals surface area contributed by atoms with Crippen molar-refractivity contribution in [1.29, 1.82) is 0 Å². The number of hydrogen-bond acceptors (Lipinski definition) is 0. The van der Waals surface area contributed by atoms with Crippen molar-refractivity contribution < 1.29 is 0 Å². The van der Waals surface area contributed by atoms with Gasteiger partial charge >= 0.3 is 0 Å². The molecular weight excluding hydrogens is 287 g/mol. The fourth-order valence-corrected chi connectivity index (χ4v) is 2.32. The van der Waals surface area contributed by atoms with Gasteiger partial charge < -0.3 is 0 Å². The van der Waals surface area contributed by atoms with Gasteiger partial charge in [-0.05, 0) is 47.9 Å². The van der Waals surface area contributed by atoms with Crippen LogP contribution in [0.4, 0.5) is 0 Å². The average molecular weight is 309 g/mol. The Kier molecular flexibility index (Phi) is 8.41. The summed E-state index contributed by atoms with van der Waals surface area (Å²) >= 11 is 9.28. The molecule has 108 valence electrons. The Balaban J connectivity index is 0.000000461. The van der Waals surface area contributed by atoms with E-state index in [1.807, 2.05) is 0 Å². The lowest BCUT2D eigenvalue weighted by Crippen LogP contribution is -1.97. The molecule has 4 aliphatic carbocycles. The highest BCUT2D eigenvalue weighted by Gasteiger charge is 2.01. The Bertz CT molecular complexity index is 378. The summed E-state index contributed by atoms with van der Waals surface area (Å²) < 4.78 is 0. The van der Waals surface area contributed by atoms with Crippen LogP contribution in [0.3, 0.4) is 0 Å². The standard InChI is InChI=1S/C16H16.2CH3Cl/c1-2-14-4-3-13(1)9-10-15-5-7-16(8-6-15)12-11-14;2*1-2/h1-8H,9-12H2;2*1H3. The molecule has 0 saturated carbocycles. The molecule has 0 aliphatic heterocycles. The fourth-order valence-electron chi connectivity index (χ4n) is 2.32. The average Bonchev–Trinajstić information content (AvgIpc) is 2.54. The molecular formula is C18H22Cl2. The Labute approximate surface area is 132 Å². The molecule has 0 aromatic heterocycles. The minimum Gasteiger partial charge on any atom is -0.130 e. The molecule has 2 aromatic rings. The summed E-state index contributed by atoms with van der Waals surface area (Å²) in [6.45, 7) is 0. The molecule has 2 aromatic carbocycles. The van der Waals surface area contributed by atoms with Crippen molar-refractivity contribution in [3.8, 4) is 0 Å². The normalized spacial score (nSPS) is 12.2. The van der Waals surface area contributed by atoms with Gasteiger partial charge in [-0.2, -0.15) is 0 Å². The van der Waals surface area contributed by atoms with Gasteiger partial charge in [-0.3, -0.25) is 0 Å². The third kappa shape index (κ3) is 5.19. The summed E-state index contributed by atoms with van der Waals surface area (Å²) in [5.74, 6) is 0. The number of rotatable bonds is 0. The first kappa shape index (κ1) is 17.1. The lowest BCUT2D eigenvalue weighted by Gasteiger charge is -2.09. The van der Waals surface area contributed by atoms with E-state index in [9.17, 15) is 0 Å². The Morgan fingerprint density at radius 3 is 0.750 bits per heavy atom. The van der Waals surface area contributed by atoms with Crippen LogP contribution in [0.2, 0.25) is 0 Å². The van der Waals surface area contributed by atoms with E-state index in [0.29, 0.717) is 0 Å². The Morgan fingerprint density at radius 1 is 0.450 bits per heavy atom. The molecule has 2 heteroatoms. The molecule has 0 unspecified atom stereocenters. The van der Waals surface area contributed by atoms with E-state index in [2.05, 4.69) is 71.7 Å². The van der Waals surface area contributed by atoms with Crippen molar-refractivity contribution in [2.24, 2.45) is 0 Å². The Morgan fingerprint density at radius 2 is 0.600 bits per heavy atom. The minimum atomic E-state index is 1.15. The zero-order valence-corrected chi connectivity index (χ0v) is 13.7. The van der Waals surface area contributed by atoms with Gasteiger partial charge in [0.1, 0.15) is 0 Å². The molecule has 0 saturated heterocycles. The van der Waals surface area contributed by atoms with Crippen molar-refractivity contribution in [3.63, 3.8) is 0 Å².